The molecule has 0 N–H and O–H groups in total. The van der Waals surface area contributed by atoms with Crippen LogP contribution >= 0.6 is 11.6 Å². The predicted molar refractivity (Wildman–Crippen MR) is 45.6 cm³/mol. The van der Waals surface area contributed by atoms with Crippen LogP contribution in [0.4, 0.5) is 0 Å². The average Bonchev–Trinajstić information content (AvgIpc) is 2.03. The Morgan fingerprint density at radius 2 is 1.80 bits per heavy atom. The lowest BCUT2D eigenvalue weighted by molar-refractivity contribution is 1.66. The van der Waals surface area contributed by atoms with Gasteiger partial charge in [-0.2, -0.15) is 0 Å². The van der Waals surface area contributed by atoms with Gasteiger partial charge in [0, 0.05) is 0 Å². The first-order chi connectivity index (χ1) is 4.93. The van der Waals surface area contributed by atoms with Gasteiger partial charge in [-0.05, 0) is 5.56 Å². The Balaban J connectivity index is 2.67. The van der Waals surface area contributed by atoms with Crippen LogP contribution < -0.4 is 0 Å². The first-order valence-corrected chi connectivity index (χ1v) is 3.52. The summed E-state index contributed by atoms with van der Waals surface area (Å²) in [5.41, 5.74) is 1.17. The molecule has 0 unspecified atom stereocenters. The second-order valence-corrected chi connectivity index (χ2v) is 2.15. The Bertz CT molecular complexity index is 201. The van der Waals surface area contributed by atoms with Gasteiger partial charge in [0.25, 0.3) is 0 Å². The molecule has 1 aromatic rings. The summed E-state index contributed by atoms with van der Waals surface area (Å²) in [5, 5.41) is 0. The van der Waals surface area contributed by atoms with Crippen LogP contribution in [0.3, 0.4) is 0 Å². The second kappa shape index (κ2) is 4.13. The van der Waals surface area contributed by atoms with E-state index in [-0.39, 0.29) is 0 Å². The van der Waals surface area contributed by atoms with Gasteiger partial charge in [0.15, 0.2) is 0 Å². The van der Waals surface area contributed by atoms with E-state index in [0.717, 1.165) is 0 Å². The molecule has 0 atom stereocenters. The Labute approximate surface area is 66.1 Å². The van der Waals surface area contributed by atoms with Gasteiger partial charge < -0.3 is 0 Å². The highest BCUT2D eigenvalue weighted by Crippen LogP contribution is 2.01. The van der Waals surface area contributed by atoms with Gasteiger partial charge in [0.2, 0.25) is 0 Å². The van der Waals surface area contributed by atoms with Crippen LogP contribution in [0.5, 0.6) is 0 Å². The Morgan fingerprint density at radius 1 is 1.10 bits per heavy atom. The molecule has 0 nitrogen and oxygen atoms in total. The second-order valence-electron chi connectivity index (χ2n) is 1.90. The molecule has 0 aromatic heterocycles. The molecule has 0 heterocycles. The van der Waals surface area contributed by atoms with E-state index in [4.69, 9.17) is 11.6 Å². The fourth-order valence-electron chi connectivity index (χ4n) is 0.712. The summed E-state index contributed by atoms with van der Waals surface area (Å²) in [6.07, 6.45) is 3.75. The molecule has 0 aliphatic rings. The highest BCUT2D eigenvalue weighted by Gasteiger charge is 1.79. The largest absolute Gasteiger partial charge is 0.116 e. The maximum atomic E-state index is 5.34. The molecule has 0 saturated heterocycles. The van der Waals surface area contributed by atoms with Crippen molar-refractivity contribution in [1.82, 2.24) is 0 Å². The van der Waals surface area contributed by atoms with E-state index in [1.807, 2.05) is 36.4 Å². The number of allylic oxidation sites excluding steroid dienone is 1. The molecule has 51 valence electrons. The van der Waals surface area contributed by atoms with E-state index in [0.29, 0.717) is 0 Å². The van der Waals surface area contributed by atoms with Crippen molar-refractivity contribution in [2.45, 2.75) is 0 Å². The molecule has 0 amide bonds. The summed E-state index contributed by atoms with van der Waals surface area (Å²) in [6.45, 7) is 0. The van der Waals surface area contributed by atoms with Crippen molar-refractivity contribution < 1.29 is 0 Å². The molecule has 1 rings (SSSR count). The van der Waals surface area contributed by atoms with Crippen molar-refractivity contribution in [2.24, 2.45) is 0 Å². The van der Waals surface area contributed by atoms with E-state index in [2.05, 4.69) is 0 Å². The standard InChI is InChI=1S/C9H8Cl/c10-8-4-7-9-5-2-1-3-6-9/h1-8H. The zero-order valence-corrected chi connectivity index (χ0v) is 6.25. The third-order valence-corrected chi connectivity index (χ3v) is 1.31. The number of hydrogen-bond acceptors (Lipinski definition) is 0. The average molecular weight is 152 g/mol. The van der Waals surface area contributed by atoms with Gasteiger partial charge in [-0.3, -0.25) is 0 Å². The van der Waals surface area contributed by atoms with Crippen LogP contribution in [0.2, 0.25) is 0 Å². The highest BCUT2D eigenvalue weighted by atomic mass is 35.5. The fourth-order valence-corrected chi connectivity index (χ4v) is 0.784. The molecule has 0 aliphatic carbocycles. The summed E-state index contributed by atoms with van der Waals surface area (Å²) in [5.74, 6) is 1.49. The minimum absolute atomic E-state index is 1.17. The smallest absolute Gasteiger partial charge is 0.0718 e. The first-order valence-electron chi connectivity index (χ1n) is 3.08. The summed E-state index contributed by atoms with van der Waals surface area (Å²) in [7, 11) is 0. The molecule has 0 aliphatic heterocycles. The Kier molecular flexibility index (Phi) is 3.04. The van der Waals surface area contributed by atoms with Crippen LogP contribution in [0.25, 0.3) is 6.08 Å². The fraction of sp³-hybridized carbons (Fsp3) is 0. The van der Waals surface area contributed by atoms with Crippen LogP contribution in [0, 0.1) is 5.88 Å². The topological polar surface area (TPSA) is 0 Å². The van der Waals surface area contributed by atoms with E-state index in [9.17, 15) is 0 Å². The van der Waals surface area contributed by atoms with Crippen molar-refractivity contribution in [1.29, 1.82) is 0 Å². The Hall–Kier alpha value is -0.750. The summed E-state index contributed by atoms with van der Waals surface area (Å²) < 4.78 is 0. The molecular weight excluding hydrogens is 144 g/mol. The SMILES string of the molecule is Cl[CH]C=Cc1ccccc1. The minimum atomic E-state index is 1.17. The van der Waals surface area contributed by atoms with E-state index in [1.165, 1.54) is 11.4 Å². The number of rotatable bonds is 2. The van der Waals surface area contributed by atoms with Crippen LogP contribution in [-0.2, 0) is 0 Å². The lowest BCUT2D eigenvalue weighted by Crippen LogP contribution is -1.66. The van der Waals surface area contributed by atoms with Gasteiger partial charge in [-0.1, -0.05) is 42.5 Å². The maximum Gasteiger partial charge on any atom is 0.0718 e. The zero-order valence-electron chi connectivity index (χ0n) is 5.50. The van der Waals surface area contributed by atoms with Gasteiger partial charge in [-0.15, -0.1) is 11.6 Å². The number of hydrogen-bond donors (Lipinski definition) is 0. The molecule has 1 radical (unpaired) electrons. The zero-order chi connectivity index (χ0) is 7.23. The normalized spacial score (nSPS) is 10.5. The van der Waals surface area contributed by atoms with E-state index in [1.54, 1.807) is 6.08 Å². The quantitative estimate of drug-likeness (QED) is 0.610. The van der Waals surface area contributed by atoms with Crippen molar-refractivity contribution in [3.05, 3.63) is 47.9 Å². The van der Waals surface area contributed by atoms with Crippen molar-refractivity contribution >= 4 is 17.7 Å². The predicted octanol–water partition coefficient (Wildman–Crippen LogP) is 3.10. The van der Waals surface area contributed by atoms with Gasteiger partial charge in [0.1, 0.15) is 0 Å². The molecule has 1 aromatic carbocycles. The van der Waals surface area contributed by atoms with E-state index >= 15 is 0 Å². The molecule has 0 fully saturated rings. The van der Waals surface area contributed by atoms with Gasteiger partial charge in [-0.25, -0.2) is 0 Å². The maximum absolute atomic E-state index is 5.34. The van der Waals surface area contributed by atoms with Crippen LogP contribution in [0.1, 0.15) is 5.56 Å². The highest BCUT2D eigenvalue weighted by molar-refractivity contribution is 6.24. The van der Waals surface area contributed by atoms with Gasteiger partial charge in [0.05, 0.1) is 5.88 Å². The number of benzene rings is 1. The number of halogens is 1. The molecular formula is C9H8Cl. The van der Waals surface area contributed by atoms with Gasteiger partial charge >= 0.3 is 0 Å². The third-order valence-electron chi connectivity index (χ3n) is 1.16. The summed E-state index contributed by atoms with van der Waals surface area (Å²) >= 11 is 5.34. The minimum Gasteiger partial charge on any atom is -0.116 e. The molecule has 10 heavy (non-hydrogen) atoms. The molecule has 1 heteroatoms. The summed E-state index contributed by atoms with van der Waals surface area (Å²) in [4.78, 5) is 0. The summed E-state index contributed by atoms with van der Waals surface area (Å²) in [6, 6.07) is 10.0. The monoisotopic (exact) mass is 151 g/mol. The third kappa shape index (κ3) is 2.24. The van der Waals surface area contributed by atoms with Crippen LogP contribution in [0.15, 0.2) is 36.4 Å². The lowest BCUT2D eigenvalue weighted by Gasteiger charge is -1.87. The molecule has 0 bridgehead atoms. The van der Waals surface area contributed by atoms with Crippen LogP contribution in [-0.4, -0.2) is 0 Å². The Morgan fingerprint density at radius 3 is 2.40 bits per heavy atom. The first kappa shape index (κ1) is 7.36. The molecule has 0 saturated carbocycles. The van der Waals surface area contributed by atoms with Crippen molar-refractivity contribution in [2.75, 3.05) is 0 Å². The van der Waals surface area contributed by atoms with Crippen molar-refractivity contribution in [3.63, 3.8) is 0 Å². The lowest BCUT2D eigenvalue weighted by atomic mass is 10.2. The van der Waals surface area contributed by atoms with Crippen molar-refractivity contribution in [3.8, 4) is 0 Å². The molecule has 0 spiro atoms. The van der Waals surface area contributed by atoms with E-state index < -0.39 is 0 Å².